The fourth-order valence-electron chi connectivity index (χ4n) is 5.14. The number of ether oxygens (including phenoxy) is 2. The second-order valence-corrected chi connectivity index (χ2v) is 9.82. The Balaban J connectivity index is 1.40. The van der Waals surface area contributed by atoms with Gasteiger partial charge in [-0.15, -0.1) is 0 Å². The largest absolute Gasteiger partial charge is 0.444 e. The lowest BCUT2D eigenvalue weighted by atomic mass is 9.78. The van der Waals surface area contributed by atoms with Gasteiger partial charge in [-0.25, -0.2) is 14.8 Å². The van der Waals surface area contributed by atoms with E-state index in [9.17, 15) is 14.4 Å². The third-order valence-electron chi connectivity index (χ3n) is 6.63. The van der Waals surface area contributed by atoms with Gasteiger partial charge < -0.3 is 14.4 Å². The van der Waals surface area contributed by atoms with Crippen molar-refractivity contribution in [3.63, 3.8) is 0 Å². The molecule has 0 radical (unpaired) electrons. The molecule has 0 unspecified atom stereocenters. The first-order chi connectivity index (χ1) is 14.2. The quantitative estimate of drug-likeness (QED) is 0.588. The standard InChI is InChI=1S/C21H34N4O5/c1-20(2,3)30-19(28)22-9-5-16(6-10-22)23-8-4-7-21(15-23)17(26)24-11-13-29-14-12-25(24)18(21)27/h16H,4-15H2,1-3H3. The number of nitrogens with zero attached hydrogens (tertiary/aromatic N) is 4. The molecule has 168 valence electrons. The molecule has 9 nitrogen and oxygen atoms in total. The van der Waals surface area contributed by atoms with Crippen molar-refractivity contribution < 1.29 is 23.9 Å². The lowest BCUT2D eigenvalue weighted by Gasteiger charge is -2.44. The van der Waals surface area contributed by atoms with Crippen LogP contribution in [-0.2, 0) is 19.1 Å². The molecular formula is C21H34N4O5. The number of hydrogen-bond donors (Lipinski definition) is 0. The summed E-state index contributed by atoms with van der Waals surface area (Å²) >= 11 is 0. The molecule has 4 aliphatic rings. The van der Waals surface area contributed by atoms with Crippen LogP contribution in [0.25, 0.3) is 0 Å². The Hall–Kier alpha value is -1.87. The molecule has 4 fully saturated rings. The first-order valence-corrected chi connectivity index (χ1v) is 11.1. The maximum absolute atomic E-state index is 13.3. The second-order valence-electron chi connectivity index (χ2n) is 9.82. The maximum atomic E-state index is 13.3. The van der Waals surface area contributed by atoms with Gasteiger partial charge in [-0.05, 0) is 53.0 Å². The summed E-state index contributed by atoms with van der Waals surface area (Å²) in [5, 5.41) is 3.23. The predicted molar refractivity (Wildman–Crippen MR) is 108 cm³/mol. The molecular weight excluding hydrogens is 388 g/mol. The Morgan fingerprint density at radius 2 is 1.60 bits per heavy atom. The highest BCUT2D eigenvalue weighted by Gasteiger charge is 2.60. The van der Waals surface area contributed by atoms with E-state index in [0.717, 1.165) is 25.8 Å². The molecule has 9 heteroatoms. The third kappa shape index (κ3) is 3.89. The predicted octanol–water partition coefficient (Wildman–Crippen LogP) is 1.08. The van der Waals surface area contributed by atoms with E-state index in [2.05, 4.69) is 4.90 Å². The summed E-state index contributed by atoms with van der Waals surface area (Å²) in [7, 11) is 0. The third-order valence-corrected chi connectivity index (χ3v) is 6.63. The summed E-state index contributed by atoms with van der Waals surface area (Å²) in [4.78, 5) is 43.0. The van der Waals surface area contributed by atoms with Crippen LogP contribution < -0.4 is 0 Å². The summed E-state index contributed by atoms with van der Waals surface area (Å²) < 4.78 is 10.9. The average molecular weight is 423 g/mol. The van der Waals surface area contributed by atoms with E-state index in [-0.39, 0.29) is 23.9 Å². The van der Waals surface area contributed by atoms with Crippen molar-refractivity contribution >= 4 is 17.9 Å². The number of rotatable bonds is 1. The second kappa shape index (κ2) is 8.00. The maximum Gasteiger partial charge on any atom is 0.410 e. The zero-order chi connectivity index (χ0) is 21.5. The van der Waals surface area contributed by atoms with Crippen LogP contribution in [0.3, 0.4) is 0 Å². The highest BCUT2D eigenvalue weighted by atomic mass is 16.6. The van der Waals surface area contributed by atoms with Crippen molar-refractivity contribution in [3.05, 3.63) is 0 Å². The van der Waals surface area contributed by atoms with Crippen molar-refractivity contribution in [3.8, 4) is 0 Å². The summed E-state index contributed by atoms with van der Waals surface area (Å²) in [5.41, 5.74) is -1.44. The number of amides is 3. The number of piperidine rings is 2. The van der Waals surface area contributed by atoms with Gasteiger partial charge in [-0.3, -0.25) is 14.5 Å². The van der Waals surface area contributed by atoms with E-state index >= 15 is 0 Å². The summed E-state index contributed by atoms with van der Waals surface area (Å²) in [6.45, 7) is 10.1. The number of fused-ring (bicyclic) bond motifs is 1. The SMILES string of the molecule is CC(C)(C)OC(=O)N1CCC(N2CCCC3(C2)C(=O)N2CCOCCN2C3=O)CC1. The molecule has 0 bridgehead atoms. The van der Waals surface area contributed by atoms with E-state index in [1.54, 1.807) is 14.9 Å². The van der Waals surface area contributed by atoms with Crippen LogP contribution in [0.1, 0.15) is 46.5 Å². The molecule has 0 aromatic heterocycles. The normalized spacial score (nSPS) is 26.2. The van der Waals surface area contributed by atoms with E-state index in [4.69, 9.17) is 9.47 Å². The van der Waals surface area contributed by atoms with E-state index in [1.165, 1.54) is 0 Å². The number of likely N-dealkylation sites (tertiary alicyclic amines) is 2. The van der Waals surface area contributed by atoms with Crippen LogP contribution in [0.15, 0.2) is 0 Å². The molecule has 0 N–H and O–H groups in total. The minimum Gasteiger partial charge on any atom is -0.444 e. The van der Waals surface area contributed by atoms with Crippen LogP contribution in [0, 0.1) is 5.41 Å². The molecule has 0 aromatic rings. The molecule has 0 aliphatic carbocycles. The minimum absolute atomic E-state index is 0.0612. The van der Waals surface area contributed by atoms with Gasteiger partial charge in [0.1, 0.15) is 11.0 Å². The van der Waals surface area contributed by atoms with Crippen LogP contribution >= 0.6 is 0 Å². The lowest BCUT2D eigenvalue weighted by molar-refractivity contribution is -0.145. The van der Waals surface area contributed by atoms with Crippen LogP contribution in [0.4, 0.5) is 4.79 Å². The van der Waals surface area contributed by atoms with E-state index in [0.29, 0.717) is 52.4 Å². The van der Waals surface area contributed by atoms with Crippen molar-refractivity contribution in [1.29, 1.82) is 0 Å². The Kier molecular flexibility index (Phi) is 5.69. The number of carbonyl (C=O) groups excluding carboxylic acids is 3. The average Bonchev–Trinajstić information content (AvgIpc) is 2.90. The van der Waals surface area contributed by atoms with Gasteiger partial charge in [0, 0.05) is 25.7 Å². The lowest BCUT2D eigenvalue weighted by Crippen LogP contribution is -2.56. The molecule has 30 heavy (non-hydrogen) atoms. The molecule has 0 atom stereocenters. The molecule has 4 rings (SSSR count). The van der Waals surface area contributed by atoms with Crippen LogP contribution in [0.5, 0.6) is 0 Å². The van der Waals surface area contributed by atoms with Gasteiger partial charge in [-0.1, -0.05) is 0 Å². The van der Waals surface area contributed by atoms with Crippen LogP contribution in [0.2, 0.25) is 0 Å². The Bertz CT molecular complexity index is 674. The first-order valence-electron chi connectivity index (χ1n) is 11.1. The minimum atomic E-state index is -0.947. The zero-order valence-corrected chi connectivity index (χ0v) is 18.4. The van der Waals surface area contributed by atoms with E-state index in [1.807, 2.05) is 20.8 Å². The Morgan fingerprint density at radius 1 is 1.00 bits per heavy atom. The molecule has 0 saturated carbocycles. The smallest absolute Gasteiger partial charge is 0.410 e. The molecule has 0 aromatic carbocycles. The first kappa shape index (κ1) is 21.4. The van der Waals surface area contributed by atoms with Crippen molar-refractivity contribution in [1.82, 2.24) is 19.8 Å². The zero-order valence-electron chi connectivity index (χ0n) is 18.4. The van der Waals surface area contributed by atoms with Gasteiger partial charge in [0.2, 0.25) is 0 Å². The van der Waals surface area contributed by atoms with Gasteiger partial charge in [-0.2, -0.15) is 0 Å². The summed E-state index contributed by atoms with van der Waals surface area (Å²) in [5.74, 6) is -0.122. The summed E-state index contributed by atoms with van der Waals surface area (Å²) in [6.07, 6.45) is 2.85. The molecule has 4 heterocycles. The molecule has 3 amide bonds. The Labute approximate surface area is 178 Å². The molecule has 4 aliphatic heterocycles. The highest BCUT2D eigenvalue weighted by Crippen LogP contribution is 2.41. The van der Waals surface area contributed by atoms with Gasteiger partial charge in [0.25, 0.3) is 11.8 Å². The van der Waals surface area contributed by atoms with Crippen LogP contribution in [-0.4, -0.2) is 102 Å². The van der Waals surface area contributed by atoms with Gasteiger partial charge in [0.15, 0.2) is 0 Å². The van der Waals surface area contributed by atoms with Crippen molar-refractivity contribution in [2.24, 2.45) is 5.41 Å². The topological polar surface area (TPSA) is 82.6 Å². The van der Waals surface area contributed by atoms with Gasteiger partial charge >= 0.3 is 6.09 Å². The number of carbonyl (C=O) groups is 3. The van der Waals surface area contributed by atoms with Crippen molar-refractivity contribution in [2.45, 2.75) is 58.1 Å². The molecule has 4 saturated heterocycles. The molecule has 1 spiro atoms. The van der Waals surface area contributed by atoms with Gasteiger partial charge in [0.05, 0.1) is 26.3 Å². The van der Waals surface area contributed by atoms with E-state index < -0.39 is 11.0 Å². The number of hydrogen-bond acceptors (Lipinski definition) is 6. The Morgan fingerprint density at radius 3 is 2.17 bits per heavy atom. The van der Waals surface area contributed by atoms with Crippen molar-refractivity contribution in [2.75, 3.05) is 52.5 Å². The fraction of sp³-hybridized carbons (Fsp3) is 0.857. The highest BCUT2D eigenvalue weighted by molar-refractivity contribution is 6.10. The fourth-order valence-corrected chi connectivity index (χ4v) is 5.14. The monoisotopic (exact) mass is 422 g/mol. The summed E-state index contributed by atoms with van der Waals surface area (Å²) in [6, 6.07) is 0.278. The number of hydrazine groups is 1.